The van der Waals surface area contributed by atoms with Crippen molar-refractivity contribution in [1.29, 1.82) is 0 Å². The van der Waals surface area contributed by atoms with Crippen molar-refractivity contribution in [3.05, 3.63) is 52.0 Å². The number of benzene rings is 1. The summed E-state index contributed by atoms with van der Waals surface area (Å²) in [7, 11) is 1.58. The molecule has 0 bridgehead atoms. The standard InChI is InChI=1S/C19H23N3O5/c1-4-13-7-19(23)26-16-8-14(5-6-15(13)16)25-10-12(2)20-9-18-21-17(11-24-3)22-27-18/h5-8,12,20H,4,9-11H2,1-3H3. The largest absolute Gasteiger partial charge is 0.492 e. The summed E-state index contributed by atoms with van der Waals surface area (Å²) in [6.07, 6.45) is 0.769. The topological polar surface area (TPSA) is 99.6 Å². The summed E-state index contributed by atoms with van der Waals surface area (Å²) >= 11 is 0. The van der Waals surface area contributed by atoms with Crippen molar-refractivity contribution < 1.29 is 18.4 Å². The zero-order valence-corrected chi connectivity index (χ0v) is 15.7. The Morgan fingerprint density at radius 1 is 1.30 bits per heavy atom. The van der Waals surface area contributed by atoms with Crippen LogP contribution in [0, 0.1) is 0 Å². The molecule has 3 aromatic rings. The van der Waals surface area contributed by atoms with Crippen molar-refractivity contribution in [2.45, 2.75) is 39.5 Å². The fourth-order valence-corrected chi connectivity index (χ4v) is 2.68. The number of nitrogens with one attached hydrogen (secondary N) is 1. The van der Waals surface area contributed by atoms with E-state index in [1.807, 2.05) is 26.0 Å². The van der Waals surface area contributed by atoms with Crippen LogP contribution in [0.5, 0.6) is 5.75 Å². The third kappa shape index (κ3) is 4.93. The lowest BCUT2D eigenvalue weighted by Crippen LogP contribution is -2.31. The number of aromatic nitrogens is 2. The van der Waals surface area contributed by atoms with Crippen LogP contribution in [-0.4, -0.2) is 29.9 Å². The van der Waals surface area contributed by atoms with Crippen LogP contribution < -0.4 is 15.7 Å². The molecule has 3 rings (SSSR count). The van der Waals surface area contributed by atoms with Crippen molar-refractivity contribution in [2.75, 3.05) is 13.7 Å². The molecule has 8 heteroatoms. The molecule has 0 amide bonds. The zero-order valence-electron chi connectivity index (χ0n) is 15.7. The van der Waals surface area contributed by atoms with Gasteiger partial charge in [0.15, 0.2) is 5.82 Å². The summed E-state index contributed by atoms with van der Waals surface area (Å²) in [5, 5.41) is 7.99. The number of nitrogens with zero attached hydrogens (tertiary/aromatic N) is 2. The van der Waals surface area contributed by atoms with E-state index < -0.39 is 0 Å². The van der Waals surface area contributed by atoms with Crippen LogP contribution in [0.4, 0.5) is 0 Å². The minimum absolute atomic E-state index is 0.0486. The molecule has 1 unspecified atom stereocenters. The van der Waals surface area contributed by atoms with Crippen LogP contribution in [0.3, 0.4) is 0 Å². The quantitative estimate of drug-likeness (QED) is 0.571. The second-order valence-electron chi connectivity index (χ2n) is 6.23. The van der Waals surface area contributed by atoms with Gasteiger partial charge in [-0.2, -0.15) is 4.98 Å². The third-order valence-electron chi connectivity index (χ3n) is 4.07. The molecule has 0 saturated carbocycles. The van der Waals surface area contributed by atoms with Gasteiger partial charge in [-0.3, -0.25) is 0 Å². The lowest BCUT2D eigenvalue weighted by molar-refractivity contribution is 0.174. The molecular weight excluding hydrogens is 350 g/mol. The molecule has 0 fully saturated rings. The minimum atomic E-state index is -0.348. The van der Waals surface area contributed by atoms with E-state index in [9.17, 15) is 4.79 Å². The molecule has 0 aliphatic carbocycles. The predicted octanol–water partition coefficient (Wildman–Crippen LogP) is 2.44. The first kappa shape index (κ1) is 19.1. The summed E-state index contributed by atoms with van der Waals surface area (Å²) in [5.74, 6) is 1.66. The van der Waals surface area contributed by atoms with Gasteiger partial charge < -0.3 is 23.7 Å². The first-order valence-electron chi connectivity index (χ1n) is 8.82. The zero-order chi connectivity index (χ0) is 19.2. The van der Waals surface area contributed by atoms with E-state index in [-0.39, 0.29) is 11.7 Å². The van der Waals surface area contributed by atoms with Crippen molar-refractivity contribution >= 4 is 11.0 Å². The SMILES string of the molecule is CCc1cc(=O)oc2cc(OCC(C)NCc3nc(COC)no3)ccc12. The van der Waals surface area contributed by atoms with Crippen molar-refractivity contribution in [3.8, 4) is 5.75 Å². The third-order valence-corrected chi connectivity index (χ3v) is 4.07. The molecule has 27 heavy (non-hydrogen) atoms. The lowest BCUT2D eigenvalue weighted by atomic mass is 10.1. The van der Waals surface area contributed by atoms with E-state index in [4.69, 9.17) is 18.4 Å². The highest BCUT2D eigenvalue weighted by Gasteiger charge is 2.10. The maximum Gasteiger partial charge on any atom is 0.336 e. The second kappa shape index (κ2) is 8.79. The van der Waals surface area contributed by atoms with Crippen LogP contribution in [0.2, 0.25) is 0 Å². The van der Waals surface area contributed by atoms with Gasteiger partial charge in [-0.05, 0) is 31.0 Å². The van der Waals surface area contributed by atoms with Gasteiger partial charge in [-0.1, -0.05) is 12.1 Å². The number of hydrogen-bond acceptors (Lipinski definition) is 8. The first-order chi connectivity index (χ1) is 13.1. The van der Waals surface area contributed by atoms with E-state index in [0.717, 1.165) is 17.4 Å². The van der Waals surface area contributed by atoms with Crippen LogP contribution in [-0.2, 0) is 24.3 Å². The molecule has 2 heterocycles. The minimum Gasteiger partial charge on any atom is -0.492 e. The number of hydrogen-bond donors (Lipinski definition) is 1. The maximum absolute atomic E-state index is 11.7. The molecule has 0 saturated heterocycles. The van der Waals surface area contributed by atoms with Crippen molar-refractivity contribution in [1.82, 2.24) is 15.5 Å². The molecule has 1 atom stereocenters. The van der Waals surface area contributed by atoms with Crippen LogP contribution in [0.1, 0.15) is 31.1 Å². The van der Waals surface area contributed by atoms with Gasteiger partial charge in [0.05, 0.1) is 6.54 Å². The smallest absolute Gasteiger partial charge is 0.336 e. The summed E-state index contributed by atoms with van der Waals surface area (Å²) in [6, 6.07) is 7.12. The highest BCUT2D eigenvalue weighted by molar-refractivity contribution is 5.81. The van der Waals surface area contributed by atoms with Gasteiger partial charge in [0.1, 0.15) is 24.5 Å². The average Bonchev–Trinajstić information content (AvgIpc) is 3.11. The lowest BCUT2D eigenvalue weighted by Gasteiger charge is -2.14. The number of fused-ring (bicyclic) bond motifs is 1. The molecular formula is C19H23N3O5. The van der Waals surface area contributed by atoms with E-state index in [1.54, 1.807) is 13.2 Å². The first-order valence-corrected chi connectivity index (χ1v) is 8.82. The van der Waals surface area contributed by atoms with Gasteiger partial charge in [0, 0.05) is 30.7 Å². The number of aryl methyl sites for hydroxylation is 1. The summed E-state index contributed by atoms with van der Waals surface area (Å²) in [5.41, 5.74) is 1.16. The van der Waals surface area contributed by atoms with Gasteiger partial charge in [0.25, 0.3) is 0 Å². The summed E-state index contributed by atoms with van der Waals surface area (Å²) < 4.78 is 21.2. The van der Waals surface area contributed by atoms with Crippen LogP contribution in [0.25, 0.3) is 11.0 Å². The second-order valence-corrected chi connectivity index (χ2v) is 6.23. The van der Waals surface area contributed by atoms with E-state index in [1.165, 1.54) is 6.07 Å². The van der Waals surface area contributed by atoms with Crippen LogP contribution in [0.15, 0.2) is 38.0 Å². The van der Waals surface area contributed by atoms with Gasteiger partial charge in [0.2, 0.25) is 5.89 Å². The van der Waals surface area contributed by atoms with Gasteiger partial charge >= 0.3 is 5.63 Å². The Morgan fingerprint density at radius 3 is 2.93 bits per heavy atom. The highest BCUT2D eigenvalue weighted by Crippen LogP contribution is 2.23. The molecule has 0 aliphatic heterocycles. The molecule has 0 radical (unpaired) electrons. The van der Waals surface area contributed by atoms with Gasteiger partial charge in [-0.25, -0.2) is 4.79 Å². The molecule has 0 spiro atoms. The Bertz CT molecular complexity index is 950. The fraction of sp³-hybridized carbons (Fsp3) is 0.421. The average molecular weight is 373 g/mol. The van der Waals surface area contributed by atoms with E-state index in [2.05, 4.69) is 15.5 Å². The summed E-state index contributed by atoms with van der Waals surface area (Å²) in [4.78, 5) is 15.9. The molecule has 1 aromatic carbocycles. The Morgan fingerprint density at radius 2 is 2.15 bits per heavy atom. The number of rotatable bonds is 9. The monoisotopic (exact) mass is 373 g/mol. The molecule has 1 N–H and O–H groups in total. The molecule has 8 nitrogen and oxygen atoms in total. The Kier molecular flexibility index (Phi) is 6.20. The van der Waals surface area contributed by atoms with E-state index in [0.29, 0.717) is 42.8 Å². The van der Waals surface area contributed by atoms with Crippen molar-refractivity contribution in [2.24, 2.45) is 0 Å². The summed E-state index contributed by atoms with van der Waals surface area (Å²) in [6.45, 7) is 5.19. The fourth-order valence-electron chi connectivity index (χ4n) is 2.68. The van der Waals surface area contributed by atoms with Gasteiger partial charge in [-0.15, -0.1) is 0 Å². The number of ether oxygens (including phenoxy) is 2. The Hall–Kier alpha value is -2.71. The predicted molar refractivity (Wildman–Crippen MR) is 98.7 cm³/mol. The maximum atomic E-state index is 11.7. The Labute approximate surface area is 156 Å². The normalized spacial score (nSPS) is 12.4. The molecule has 2 aromatic heterocycles. The van der Waals surface area contributed by atoms with E-state index >= 15 is 0 Å². The number of methoxy groups -OCH3 is 1. The Balaban J connectivity index is 1.56. The van der Waals surface area contributed by atoms with Crippen LogP contribution >= 0.6 is 0 Å². The van der Waals surface area contributed by atoms with Crippen molar-refractivity contribution in [3.63, 3.8) is 0 Å². The molecule has 0 aliphatic rings. The molecule has 144 valence electrons. The highest BCUT2D eigenvalue weighted by atomic mass is 16.5.